The van der Waals surface area contributed by atoms with Crippen molar-refractivity contribution >= 4 is 50.5 Å². The molecule has 3 rings (SSSR count). The molecule has 0 aliphatic heterocycles. The molecule has 0 aromatic carbocycles. The van der Waals surface area contributed by atoms with Crippen molar-refractivity contribution in [3.63, 3.8) is 0 Å². The third kappa shape index (κ3) is 4.61. The van der Waals surface area contributed by atoms with Crippen molar-refractivity contribution < 1.29 is 13.2 Å². The van der Waals surface area contributed by atoms with E-state index in [0.29, 0.717) is 22.9 Å². The monoisotopic (exact) mass is 473 g/mol. The largest absolute Gasteiger partial charge is 0.274 e. The lowest BCUT2D eigenvalue weighted by atomic mass is 10.1. The van der Waals surface area contributed by atoms with Crippen molar-refractivity contribution in [1.29, 1.82) is 0 Å². The Labute approximate surface area is 182 Å². The fraction of sp³-hybridized carbons (Fsp3) is 0.294. The van der Waals surface area contributed by atoms with Gasteiger partial charge in [0.1, 0.15) is 9.23 Å². The molecule has 1 N–H and O–H groups in total. The van der Waals surface area contributed by atoms with Crippen LogP contribution in [0.3, 0.4) is 0 Å². The van der Waals surface area contributed by atoms with Gasteiger partial charge >= 0.3 is 0 Å². The van der Waals surface area contributed by atoms with E-state index in [1.165, 1.54) is 6.07 Å². The predicted octanol–water partition coefficient (Wildman–Crippen LogP) is 3.31. The number of rotatable bonds is 5. The molecule has 1 amide bonds. The quantitative estimate of drug-likeness (QED) is 0.608. The van der Waals surface area contributed by atoms with Crippen molar-refractivity contribution in [3.05, 3.63) is 49.1 Å². The van der Waals surface area contributed by atoms with E-state index in [1.807, 2.05) is 24.6 Å². The summed E-state index contributed by atoms with van der Waals surface area (Å²) in [6.07, 6.45) is -0.183. The maximum atomic E-state index is 12.4. The third-order valence-corrected chi connectivity index (χ3v) is 7.23. The van der Waals surface area contributed by atoms with Crippen molar-refractivity contribution in [1.82, 2.24) is 24.5 Å². The lowest BCUT2D eigenvalue weighted by Crippen LogP contribution is -2.32. The maximum absolute atomic E-state index is 12.4. The Morgan fingerprint density at radius 2 is 1.76 bits per heavy atom. The summed E-state index contributed by atoms with van der Waals surface area (Å²) in [5.41, 5.74) is 3.40. The molecule has 3 heterocycles. The van der Waals surface area contributed by atoms with Gasteiger partial charge < -0.3 is 0 Å². The third-order valence-electron chi connectivity index (χ3n) is 4.10. The van der Waals surface area contributed by atoms with E-state index >= 15 is 0 Å². The molecule has 154 valence electrons. The van der Waals surface area contributed by atoms with Crippen molar-refractivity contribution in [2.24, 2.45) is 0 Å². The summed E-state index contributed by atoms with van der Waals surface area (Å²) in [5.74, 6) is -0.322. The Morgan fingerprint density at radius 3 is 2.31 bits per heavy atom. The standard InChI is InChI=1S/C17H17Cl2N5O3S2/c1-8-5-9(2)21-17(20-8)24-11(4)12(10(3)22-24)6-15(25)23-29(26,27)13-7-14(18)28-16(13)19/h5,7H,6H2,1-4H3,(H,23,25). The van der Waals surface area contributed by atoms with Crippen LogP contribution in [0.25, 0.3) is 5.95 Å². The Hall–Kier alpha value is -2.01. The molecule has 0 radical (unpaired) electrons. The first-order chi connectivity index (χ1) is 13.5. The summed E-state index contributed by atoms with van der Waals surface area (Å²) < 4.78 is 28.6. The first kappa shape index (κ1) is 21.7. The Balaban J connectivity index is 1.86. The van der Waals surface area contributed by atoms with Crippen molar-refractivity contribution in [2.45, 2.75) is 39.0 Å². The molecular weight excluding hydrogens is 457 g/mol. The van der Waals surface area contributed by atoms with Crippen LogP contribution in [0.4, 0.5) is 0 Å². The minimum absolute atomic E-state index is 0.0116. The number of amides is 1. The zero-order chi connectivity index (χ0) is 21.5. The SMILES string of the molecule is Cc1cc(C)nc(-n2nc(C)c(CC(=O)NS(=O)(=O)c3cc(Cl)sc3Cl)c2C)n1. The van der Waals surface area contributed by atoms with Gasteiger partial charge in [-0.2, -0.15) is 5.10 Å². The van der Waals surface area contributed by atoms with Gasteiger partial charge in [0.05, 0.1) is 16.5 Å². The number of carbonyl (C=O) groups excluding carboxylic acids is 1. The number of carbonyl (C=O) groups is 1. The Morgan fingerprint density at radius 1 is 1.14 bits per heavy atom. The highest BCUT2D eigenvalue weighted by atomic mass is 35.5. The molecule has 0 bridgehead atoms. The van der Waals surface area contributed by atoms with Crippen LogP contribution in [0.1, 0.15) is 28.3 Å². The van der Waals surface area contributed by atoms with Crippen LogP contribution < -0.4 is 4.72 Å². The average Bonchev–Trinajstić information content (AvgIpc) is 3.07. The number of nitrogens with one attached hydrogen (secondary N) is 1. The second-order valence-corrected chi connectivity index (χ2v) is 10.3. The lowest BCUT2D eigenvalue weighted by Gasteiger charge is -2.07. The number of thiophene rings is 1. The summed E-state index contributed by atoms with van der Waals surface area (Å²) in [6.45, 7) is 7.21. The van der Waals surface area contributed by atoms with Crippen LogP contribution in [0.2, 0.25) is 8.67 Å². The van der Waals surface area contributed by atoms with Gasteiger partial charge in [-0.3, -0.25) is 4.79 Å². The molecule has 0 saturated carbocycles. The molecular formula is C17H17Cl2N5O3S2. The smallest absolute Gasteiger partial charge is 0.266 e. The normalized spacial score (nSPS) is 11.7. The summed E-state index contributed by atoms with van der Waals surface area (Å²) >= 11 is 12.6. The van der Waals surface area contributed by atoms with Gasteiger partial charge in [-0.25, -0.2) is 27.8 Å². The molecule has 3 aromatic heterocycles. The van der Waals surface area contributed by atoms with Crippen LogP contribution in [-0.4, -0.2) is 34.1 Å². The summed E-state index contributed by atoms with van der Waals surface area (Å²) in [5, 5.41) is 4.41. The molecule has 29 heavy (non-hydrogen) atoms. The van der Waals surface area contributed by atoms with Crippen LogP contribution in [-0.2, 0) is 21.2 Å². The van der Waals surface area contributed by atoms with E-state index in [9.17, 15) is 13.2 Å². The van der Waals surface area contributed by atoms with E-state index in [1.54, 1.807) is 18.5 Å². The Kier molecular flexibility index (Phi) is 6.00. The number of hydrogen-bond donors (Lipinski definition) is 1. The second-order valence-electron chi connectivity index (χ2n) is 6.41. The number of aryl methyl sites for hydroxylation is 3. The van der Waals surface area contributed by atoms with E-state index in [0.717, 1.165) is 22.7 Å². The second kappa shape index (κ2) is 8.02. The van der Waals surface area contributed by atoms with Crippen LogP contribution in [0, 0.1) is 27.7 Å². The van der Waals surface area contributed by atoms with Crippen LogP contribution in [0.5, 0.6) is 0 Å². The summed E-state index contributed by atoms with van der Waals surface area (Å²) in [4.78, 5) is 21.0. The fourth-order valence-electron chi connectivity index (χ4n) is 2.84. The number of aromatic nitrogens is 4. The fourth-order valence-corrected chi connectivity index (χ4v) is 5.97. The van der Waals surface area contributed by atoms with E-state index in [2.05, 4.69) is 15.1 Å². The molecule has 0 fully saturated rings. The minimum atomic E-state index is -4.13. The molecule has 8 nitrogen and oxygen atoms in total. The molecule has 0 aliphatic rings. The molecule has 0 unspecified atom stereocenters. The van der Waals surface area contributed by atoms with Crippen LogP contribution >= 0.6 is 34.5 Å². The zero-order valence-corrected chi connectivity index (χ0v) is 19.1. The summed E-state index contributed by atoms with van der Waals surface area (Å²) in [7, 11) is -4.13. The molecule has 12 heteroatoms. The molecule has 0 saturated heterocycles. The first-order valence-electron chi connectivity index (χ1n) is 8.36. The molecule has 0 atom stereocenters. The van der Waals surface area contributed by atoms with E-state index < -0.39 is 15.9 Å². The zero-order valence-electron chi connectivity index (χ0n) is 15.9. The van der Waals surface area contributed by atoms with Gasteiger partial charge in [0.2, 0.25) is 5.91 Å². The summed E-state index contributed by atoms with van der Waals surface area (Å²) in [6, 6.07) is 3.05. The van der Waals surface area contributed by atoms with Gasteiger partial charge in [-0.05, 0) is 39.8 Å². The highest BCUT2D eigenvalue weighted by Crippen LogP contribution is 2.34. The highest BCUT2D eigenvalue weighted by Gasteiger charge is 2.25. The van der Waals surface area contributed by atoms with Gasteiger partial charge in [0, 0.05) is 22.6 Å². The number of hydrogen-bond acceptors (Lipinski definition) is 7. The highest BCUT2D eigenvalue weighted by molar-refractivity contribution is 7.90. The van der Waals surface area contributed by atoms with Gasteiger partial charge in [0.25, 0.3) is 16.0 Å². The number of sulfonamides is 1. The molecule has 0 aliphatic carbocycles. The van der Waals surface area contributed by atoms with Crippen molar-refractivity contribution in [3.8, 4) is 5.95 Å². The minimum Gasteiger partial charge on any atom is -0.274 e. The average molecular weight is 474 g/mol. The van der Waals surface area contributed by atoms with Gasteiger partial charge in [-0.1, -0.05) is 23.2 Å². The molecule has 0 spiro atoms. The van der Waals surface area contributed by atoms with Gasteiger partial charge in [0.15, 0.2) is 0 Å². The maximum Gasteiger partial charge on any atom is 0.266 e. The van der Waals surface area contributed by atoms with Crippen molar-refractivity contribution in [2.75, 3.05) is 0 Å². The number of halogens is 2. The molecule has 3 aromatic rings. The number of nitrogens with zero attached hydrogens (tertiary/aromatic N) is 4. The van der Waals surface area contributed by atoms with Gasteiger partial charge in [-0.15, -0.1) is 11.3 Å². The predicted molar refractivity (Wildman–Crippen MR) is 111 cm³/mol. The van der Waals surface area contributed by atoms with Crippen LogP contribution in [0.15, 0.2) is 17.0 Å². The lowest BCUT2D eigenvalue weighted by molar-refractivity contribution is -0.118. The Bertz CT molecular complexity index is 1200. The topological polar surface area (TPSA) is 107 Å². The first-order valence-corrected chi connectivity index (χ1v) is 11.4. The van der Waals surface area contributed by atoms with E-state index in [-0.39, 0.29) is 20.0 Å². The van der Waals surface area contributed by atoms with E-state index in [4.69, 9.17) is 23.2 Å².